The molecule has 4 rings (SSSR count). The Bertz CT molecular complexity index is 385. The first-order valence-corrected chi connectivity index (χ1v) is 6.11. The number of fused-ring (bicyclic) bond motifs is 1. The SMILES string of the molecule is C=CCO/C=C1/[C@H]2CO[C@@]3(OC)[C@@H]1C=C[C@H]3C2. The molecule has 2 saturated heterocycles. The average molecular weight is 234 g/mol. The zero-order chi connectivity index (χ0) is 11.9. The van der Waals surface area contributed by atoms with E-state index in [1.165, 1.54) is 5.57 Å². The molecule has 3 heteroatoms. The minimum Gasteiger partial charge on any atom is -0.497 e. The summed E-state index contributed by atoms with van der Waals surface area (Å²) in [6.07, 6.45) is 9.18. The molecule has 2 aliphatic carbocycles. The van der Waals surface area contributed by atoms with Gasteiger partial charge >= 0.3 is 0 Å². The van der Waals surface area contributed by atoms with E-state index >= 15 is 0 Å². The highest BCUT2D eigenvalue weighted by atomic mass is 16.7. The molecule has 0 unspecified atom stereocenters. The first kappa shape index (κ1) is 11.1. The topological polar surface area (TPSA) is 27.7 Å². The van der Waals surface area contributed by atoms with Gasteiger partial charge in [0, 0.05) is 18.9 Å². The summed E-state index contributed by atoms with van der Waals surface area (Å²) in [7, 11) is 1.74. The molecule has 0 amide bonds. The normalized spacial score (nSPS) is 44.3. The van der Waals surface area contributed by atoms with E-state index in [1.54, 1.807) is 13.2 Å². The Balaban J connectivity index is 1.89. The van der Waals surface area contributed by atoms with Gasteiger partial charge in [-0.3, -0.25) is 0 Å². The monoisotopic (exact) mass is 234 g/mol. The zero-order valence-corrected chi connectivity index (χ0v) is 10.1. The highest BCUT2D eigenvalue weighted by Crippen LogP contribution is 2.56. The van der Waals surface area contributed by atoms with Gasteiger partial charge in [0.2, 0.25) is 0 Å². The summed E-state index contributed by atoms with van der Waals surface area (Å²) >= 11 is 0. The Morgan fingerprint density at radius 3 is 3.24 bits per heavy atom. The fourth-order valence-corrected chi connectivity index (χ4v) is 3.34. The summed E-state index contributed by atoms with van der Waals surface area (Å²) in [4.78, 5) is 0. The molecule has 0 N–H and O–H groups in total. The standard InChI is InChI=1S/C14H18O3/c1-3-6-16-9-12-10-7-11-4-5-13(12)14(11,15-2)17-8-10/h3-5,9-11,13H,1,6-8H2,2H3/b12-9-/t10-,11+,13-,14-/m1/s1. The second-order valence-electron chi connectivity index (χ2n) is 4.88. The van der Waals surface area contributed by atoms with Crippen molar-refractivity contribution in [2.24, 2.45) is 17.8 Å². The number of hydrogen-bond donors (Lipinski definition) is 0. The summed E-state index contributed by atoms with van der Waals surface area (Å²) in [6, 6.07) is 0. The number of hydrogen-bond acceptors (Lipinski definition) is 3. The predicted octanol–water partition coefficient (Wildman–Crippen LogP) is 2.27. The van der Waals surface area contributed by atoms with Crippen molar-refractivity contribution in [1.82, 2.24) is 0 Å². The molecule has 92 valence electrons. The van der Waals surface area contributed by atoms with Gasteiger partial charge in [-0.15, -0.1) is 0 Å². The Morgan fingerprint density at radius 2 is 2.47 bits per heavy atom. The smallest absolute Gasteiger partial charge is 0.184 e. The molecule has 4 atom stereocenters. The molecule has 0 aromatic heterocycles. The minimum atomic E-state index is -0.460. The van der Waals surface area contributed by atoms with Crippen LogP contribution in [-0.2, 0) is 14.2 Å². The van der Waals surface area contributed by atoms with Gasteiger partial charge in [-0.25, -0.2) is 0 Å². The summed E-state index contributed by atoms with van der Waals surface area (Å²) < 4.78 is 17.1. The Labute approximate surface area is 102 Å². The van der Waals surface area contributed by atoms with Crippen LogP contribution in [0.25, 0.3) is 0 Å². The molecule has 2 aliphatic heterocycles. The van der Waals surface area contributed by atoms with E-state index in [0.29, 0.717) is 18.4 Å². The highest BCUT2D eigenvalue weighted by Gasteiger charge is 2.59. The van der Waals surface area contributed by atoms with Crippen molar-refractivity contribution in [3.05, 3.63) is 36.6 Å². The molecule has 0 radical (unpaired) electrons. The van der Waals surface area contributed by atoms with Crippen LogP contribution in [0.4, 0.5) is 0 Å². The molecule has 4 aliphatic rings. The first-order chi connectivity index (χ1) is 8.31. The molecule has 0 aromatic carbocycles. The van der Waals surface area contributed by atoms with Crippen LogP contribution in [0.2, 0.25) is 0 Å². The highest BCUT2D eigenvalue weighted by molar-refractivity contribution is 5.33. The third-order valence-electron chi connectivity index (χ3n) is 4.12. The van der Waals surface area contributed by atoms with Crippen molar-refractivity contribution in [2.75, 3.05) is 20.3 Å². The molecular weight excluding hydrogens is 216 g/mol. The molecular formula is C14H18O3. The lowest BCUT2D eigenvalue weighted by atomic mass is 9.70. The summed E-state index contributed by atoms with van der Waals surface area (Å²) in [5.74, 6) is 0.627. The van der Waals surface area contributed by atoms with Gasteiger partial charge in [0.15, 0.2) is 5.79 Å². The van der Waals surface area contributed by atoms with Crippen LogP contribution in [0, 0.1) is 17.8 Å². The van der Waals surface area contributed by atoms with E-state index in [4.69, 9.17) is 14.2 Å². The molecule has 0 aromatic rings. The van der Waals surface area contributed by atoms with Gasteiger partial charge in [-0.05, 0) is 12.0 Å². The first-order valence-electron chi connectivity index (χ1n) is 6.11. The van der Waals surface area contributed by atoms with Gasteiger partial charge in [-0.1, -0.05) is 24.8 Å². The van der Waals surface area contributed by atoms with Crippen LogP contribution < -0.4 is 0 Å². The van der Waals surface area contributed by atoms with Crippen LogP contribution in [0.15, 0.2) is 36.6 Å². The lowest BCUT2D eigenvalue weighted by Gasteiger charge is -2.51. The molecule has 4 bridgehead atoms. The Hall–Kier alpha value is -1.06. The third-order valence-corrected chi connectivity index (χ3v) is 4.12. The summed E-state index contributed by atoms with van der Waals surface area (Å²) in [5, 5.41) is 0. The molecule has 17 heavy (non-hydrogen) atoms. The van der Waals surface area contributed by atoms with Gasteiger partial charge in [0.05, 0.1) is 18.8 Å². The van der Waals surface area contributed by atoms with Crippen LogP contribution in [0.3, 0.4) is 0 Å². The van der Waals surface area contributed by atoms with Crippen LogP contribution in [0.5, 0.6) is 0 Å². The van der Waals surface area contributed by atoms with Gasteiger partial charge < -0.3 is 14.2 Å². The van der Waals surface area contributed by atoms with Gasteiger partial charge in [0.25, 0.3) is 0 Å². The summed E-state index contributed by atoms with van der Waals surface area (Å²) in [5.41, 5.74) is 1.31. The maximum atomic E-state index is 5.94. The van der Waals surface area contributed by atoms with Crippen molar-refractivity contribution in [3.63, 3.8) is 0 Å². The molecule has 2 heterocycles. The molecule has 3 fully saturated rings. The van der Waals surface area contributed by atoms with E-state index in [-0.39, 0.29) is 5.92 Å². The number of rotatable bonds is 4. The molecule has 0 spiro atoms. The number of ether oxygens (including phenoxy) is 3. The Kier molecular flexibility index (Phi) is 2.60. The maximum absolute atomic E-state index is 5.94. The van der Waals surface area contributed by atoms with Crippen molar-refractivity contribution < 1.29 is 14.2 Å². The average Bonchev–Trinajstić information content (AvgIpc) is 2.66. The Morgan fingerprint density at radius 1 is 1.59 bits per heavy atom. The van der Waals surface area contributed by atoms with Gasteiger partial charge in [-0.2, -0.15) is 0 Å². The third kappa shape index (κ3) is 1.42. The van der Waals surface area contributed by atoms with Crippen LogP contribution in [0.1, 0.15) is 6.42 Å². The van der Waals surface area contributed by atoms with E-state index in [0.717, 1.165) is 13.0 Å². The van der Waals surface area contributed by atoms with E-state index in [2.05, 4.69) is 18.7 Å². The van der Waals surface area contributed by atoms with Crippen molar-refractivity contribution in [2.45, 2.75) is 12.2 Å². The predicted molar refractivity (Wildman–Crippen MR) is 64.2 cm³/mol. The largest absolute Gasteiger partial charge is 0.497 e. The fraction of sp³-hybridized carbons (Fsp3) is 0.571. The minimum absolute atomic E-state index is 0.217. The summed E-state index contributed by atoms with van der Waals surface area (Å²) in [6.45, 7) is 4.95. The maximum Gasteiger partial charge on any atom is 0.184 e. The second-order valence-corrected chi connectivity index (χ2v) is 4.88. The fourth-order valence-electron chi connectivity index (χ4n) is 3.34. The van der Waals surface area contributed by atoms with Crippen LogP contribution in [-0.4, -0.2) is 26.1 Å². The quantitative estimate of drug-likeness (QED) is 0.424. The van der Waals surface area contributed by atoms with E-state index in [9.17, 15) is 0 Å². The molecule has 3 nitrogen and oxygen atoms in total. The van der Waals surface area contributed by atoms with Crippen LogP contribution >= 0.6 is 0 Å². The zero-order valence-electron chi connectivity index (χ0n) is 10.1. The van der Waals surface area contributed by atoms with Crippen molar-refractivity contribution >= 4 is 0 Å². The van der Waals surface area contributed by atoms with E-state index < -0.39 is 5.79 Å². The van der Waals surface area contributed by atoms with E-state index in [1.807, 2.05) is 6.26 Å². The van der Waals surface area contributed by atoms with Crippen molar-refractivity contribution in [3.8, 4) is 0 Å². The van der Waals surface area contributed by atoms with Crippen molar-refractivity contribution in [1.29, 1.82) is 0 Å². The molecule has 1 saturated carbocycles. The second kappa shape index (κ2) is 4.00. The number of methoxy groups -OCH3 is 1. The lowest BCUT2D eigenvalue weighted by molar-refractivity contribution is -0.298. The lowest BCUT2D eigenvalue weighted by Crippen LogP contribution is -2.56. The van der Waals surface area contributed by atoms with Gasteiger partial charge in [0.1, 0.15) is 6.61 Å².